The maximum absolute atomic E-state index is 3.96. The molecule has 0 unspecified atom stereocenters. The van der Waals surface area contributed by atoms with Crippen LogP contribution in [-0.2, 0) is 0 Å². The fraction of sp³-hybridized carbons (Fsp3) is 0.750. The van der Waals surface area contributed by atoms with Gasteiger partial charge in [0, 0.05) is 14.7 Å². The average Bonchev–Trinajstić information content (AvgIpc) is 1.58. The lowest BCUT2D eigenvalue weighted by Gasteiger charge is -2.09. The molecule has 0 saturated carbocycles. The van der Waals surface area contributed by atoms with Gasteiger partial charge in [-0.1, -0.05) is 34.3 Å². The molecule has 0 spiro atoms. The zero-order valence-electron chi connectivity index (χ0n) is 7.18. The summed E-state index contributed by atoms with van der Waals surface area (Å²) in [6.07, 6.45) is 0. The Morgan fingerprint density at radius 3 is 1.50 bits per heavy atom. The molecule has 0 radical (unpaired) electrons. The van der Waals surface area contributed by atoms with Gasteiger partial charge in [-0.15, -0.1) is 23.5 Å². The van der Waals surface area contributed by atoms with E-state index in [1.165, 1.54) is 4.24 Å². The topological polar surface area (TPSA) is 0 Å². The maximum Gasteiger partial charge on any atom is 0.0333 e. The predicted octanol–water partition coefficient (Wildman–Crippen LogP) is 3.74. The lowest BCUT2D eigenvalue weighted by molar-refractivity contribution is 1.11. The van der Waals surface area contributed by atoms with Crippen LogP contribution in [0.2, 0.25) is 0 Å². The van der Waals surface area contributed by atoms with Crippen molar-refractivity contribution in [3.63, 3.8) is 0 Å². The minimum absolute atomic E-state index is 0.666. The smallest absolute Gasteiger partial charge is 0.0333 e. The molecule has 0 aromatic rings. The average molecular weight is 176 g/mol. The molecule has 0 aromatic heterocycles. The SMILES string of the molecule is C=C(SC(C)C)SC(C)C. The molecule has 0 aliphatic heterocycles. The second kappa shape index (κ2) is 5.14. The van der Waals surface area contributed by atoms with Gasteiger partial charge in [-0.05, 0) is 0 Å². The Hall–Kier alpha value is 0.440. The van der Waals surface area contributed by atoms with Crippen molar-refractivity contribution in [2.45, 2.75) is 38.2 Å². The highest BCUT2D eigenvalue weighted by molar-refractivity contribution is 8.22. The molecular weight excluding hydrogens is 160 g/mol. The van der Waals surface area contributed by atoms with E-state index in [0.717, 1.165) is 0 Å². The van der Waals surface area contributed by atoms with Gasteiger partial charge < -0.3 is 0 Å². The van der Waals surface area contributed by atoms with Gasteiger partial charge in [0.1, 0.15) is 0 Å². The van der Waals surface area contributed by atoms with E-state index in [4.69, 9.17) is 0 Å². The van der Waals surface area contributed by atoms with Gasteiger partial charge >= 0.3 is 0 Å². The summed E-state index contributed by atoms with van der Waals surface area (Å²) in [5, 5.41) is 1.33. The van der Waals surface area contributed by atoms with Gasteiger partial charge in [-0.25, -0.2) is 0 Å². The summed E-state index contributed by atoms with van der Waals surface area (Å²) < 4.78 is 1.24. The molecule has 0 atom stereocenters. The molecule has 0 aliphatic rings. The third-order valence-corrected chi connectivity index (χ3v) is 2.78. The summed E-state index contributed by atoms with van der Waals surface area (Å²) >= 11 is 3.70. The van der Waals surface area contributed by atoms with Crippen LogP contribution < -0.4 is 0 Å². The standard InChI is InChI=1S/C8H16S2/c1-6(2)9-8(5)10-7(3)4/h6-7H,5H2,1-4H3. The van der Waals surface area contributed by atoms with E-state index in [1.54, 1.807) is 0 Å². The maximum atomic E-state index is 3.96. The number of hydrogen-bond acceptors (Lipinski definition) is 2. The van der Waals surface area contributed by atoms with E-state index in [9.17, 15) is 0 Å². The fourth-order valence-electron chi connectivity index (χ4n) is 0.554. The highest BCUT2D eigenvalue weighted by Gasteiger charge is 2.01. The monoisotopic (exact) mass is 176 g/mol. The van der Waals surface area contributed by atoms with Gasteiger partial charge in [-0.2, -0.15) is 0 Å². The van der Waals surface area contributed by atoms with Crippen LogP contribution in [0.1, 0.15) is 27.7 Å². The lowest BCUT2D eigenvalue weighted by Crippen LogP contribution is -1.89. The zero-order chi connectivity index (χ0) is 8.15. The number of thioether (sulfide) groups is 2. The van der Waals surface area contributed by atoms with Gasteiger partial charge in [0.2, 0.25) is 0 Å². The van der Waals surface area contributed by atoms with Gasteiger partial charge in [0.05, 0.1) is 0 Å². The van der Waals surface area contributed by atoms with Crippen LogP contribution in [0.15, 0.2) is 10.8 Å². The Bertz CT molecular complexity index is 93.8. The van der Waals surface area contributed by atoms with Crippen LogP contribution in [0, 0.1) is 0 Å². The molecule has 60 valence electrons. The largest absolute Gasteiger partial charge is 0.117 e. The van der Waals surface area contributed by atoms with Crippen LogP contribution >= 0.6 is 23.5 Å². The number of hydrogen-bond donors (Lipinski definition) is 0. The third kappa shape index (κ3) is 6.56. The lowest BCUT2D eigenvalue weighted by atomic mass is 10.6. The van der Waals surface area contributed by atoms with Crippen LogP contribution in [-0.4, -0.2) is 10.5 Å². The molecule has 0 aliphatic carbocycles. The highest BCUT2D eigenvalue weighted by atomic mass is 32.2. The van der Waals surface area contributed by atoms with E-state index in [2.05, 4.69) is 34.3 Å². The Morgan fingerprint density at radius 2 is 1.30 bits per heavy atom. The molecule has 10 heavy (non-hydrogen) atoms. The van der Waals surface area contributed by atoms with E-state index in [-0.39, 0.29) is 0 Å². The second-order valence-electron chi connectivity index (χ2n) is 2.71. The Kier molecular flexibility index (Phi) is 5.36. The molecule has 2 heteroatoms. The normalized spacial score (nSPS) is 11.0. The van der Waals surface area contributed by atoms with E-state index < -0.39 is 0 Å². The molecule has 0 amide bonds. The molecule has 0 rings (SSSR count). The van der Waals surface area contributed by atoms with Crippen LogP contribution in [0.5, 0.6) is 0 Å². The van der Waals surface area contributed by atoms with Crippen LogP contribution in [0.25, 0.3) is 0 Å². The molecule has 0 N–H and O–H groups in total. The predicted molar refractivity (Wildman–Crippen MR) is 54.6 cm³/mol. The Labute approximate surface area is 72.9 Å². The number of rotatable bonds is 4. The van der Waals surface area contributed by atoms with Gasteiger partial charge in [0.25, 0.3) is 0 Å². The summed E-state index contributed by atoms with van der Waals surface area (Å²) in [6, 6.07) is 0. The first-order chi connectivity index (χ1) is 4.52. The van der Waals surface area contributed by atoms with Crippen molar-refractivity contribution in [3.8, 4) is 0 Å². The third-order valence-electron chi connectivity index (χ3n) is 0.734. The Balaban J connectivity index is 3.44. The van der Waals surface area contributed by atoms with Crippen molar-refractivity contribution < 1.29 is 0 Å². The van der Waals surface area contributed by atoms with Crippen LogP contribution in [0.4, 0.5) is 0 Å². The summed E-state index contributed by atoms with van der Waals surface area (Å²) in [7, 11) is 0. The summed E-state index contributed by atoms with van der Waals surface area (Å²) in [5.41, 5.74) is 0. The van der Waals surface area contributed by atoms with Crippen molar-refractivity contribution >= 4 is 23.5 Å². The van der Waals surface area contributed by atoms with Crippen molar-refractivity contribution in [3.05, 3.63) is 10.8 Å². The second-order valence-corrected chi connectivity index (χ2v) is 6.31. The first kappa shape index (κ1) is 10.4. The van der Waals surface area contributed by atoms with E-state index >= 15 is 0 Å². The molecule has 0 saturated heterocycles. The first-order valence-corrected chi connectivity index (χ1v) is 5.30. The van der Waals surface area contributed by atoms with Crippen molar-refractivity contribution in [1.29, 1.82) is 0 Å². The quantitative estimate of drug-likeness (QED) is 0.640. The first-order valence-electron chi connectivity index (χ1n) is 3.54. The van der Waals surface area contributed by atoms with Gasteiger partial charge in [0.15, 0.2) is 0 Å². The summed E-state index contributed by atoms with van der Waals surface area (Å²) in [5.74, 6) is 0. The molecule has 0 bridgehead atoms. The van der Waals surface area contributed by atoms with Crippen LogP contribution in [0.3, 0.4) is 0 Å². The molecule has 0 fully saturated rings. The molecule has 0 aromatic carbocycles. The molecular formula is C8H16S2. The van der Waals surface area contributed by atoms with Crippen molar-refractivity contribution in [1.82, 2.24) is 0 Å². The highest BCUT2D eigenvalue weighted by Crippen LogP contribution is 2.32. The molecule has 0 nitrogen and oxygen atoms in total. The molecule has 0 heterocycles. The Morgan fingerprint density at radius 1 is 1.00 bits per heavy atom. The van der Waals surface area contributed by atoms with Gasteiger partial charge in [-0.3, -0.25) is 0 Å². The van der Waals surface area contributed by atoms with Crippen molar-refractivity contribution in [2.75, 3.05) is 0 Å². The summed E-state index contributed by atoms with van der Waals surface area (Å²) in [4.78, 5) is 0. The minimum Gasteiger partial charge on any atom is -0.117 e. The van der Waals surface area contributed by atoms with E-state index in [1.807, 2.05) is 23.5 Å². The van der Waals surface area contributed by atoms with Crippen molar-refractivity contribution in [2.24, 2.45) is 0 Å². The van der Waals surface area contributed by atoms with E-state index in [0.29, 0.717) is 10.5 Å². The summed E-state index contributed by atoms with van der Waals surface area (Å²) in [6.45, 7) is 12.7. The fourth-order valence-corrected chi connectivity index (χ4v) is 2.98. The minimum atomic E-state index is 0.666. The zero-order valence-corrected chi connectivity index (χ0v) is 8.81.